The van der Waals surface area contributed by atoms with Crippen LogP contribution in [-0.2, 0) is 11.3 Å². The fourth-order valence-electron chi connectivity index (χ4n) is 3.76. The maximum atomic E-state index is 12.6. The molecule has 7 nitrogen and oxygen atoms in total. The van der Waals surface area contributed by atoms with E-state index in [0.717, 1.165) is 36.5 Å². The molecule has 1 aromatic carbocycles. The summed E-state index contributed by atoms with van der Waals surface area (Å²) in [6.45, 7) is 6.38. The number of imidazole rings is 1. The zero-order valence-electron chi connectivity index (χ0n) is 18.0. The van der Waals surface area contributed by atoms with E-state index in [1.165, 1.54) is 0 Å². The number of hydrogen-bond acceptors (Lipinski definition) is 5. The van der Waals surface area contributed by atoms with Gasteiger partial charge in [0.1, 0.15) is 5.65 Å². The summed E-state index contributed by atoms with van der Waals surface area (Å²) in [4.78, 5) is 21.5. The van der Waals surface area contributed by atoms with Crippen LogP contribution in [0.4, 0.5) is 0 Å². The second-order valence-electron chi connectivity index (χ2n) is 7.48. The van der Waals surface area contributed by atoms with Gasteiger partial charge in [-0.1, -0.05) is 12.1 Å². The van der Waals surface area contributed by atoms with Gasteiger partial charge in [0.15, 0.2) is 11.5 Å². The van der Waals surface area contributed by atoms with Gasteiger partial charge < -0.3 is 18.8 Å². The Morgan fingerprint density at radius 2 is 1.97 bits per heavy atom. The minimum atomic E-state index is 0.0289. The molecule has 1 aliphatic rings. The van der Waals surface area contributed by atoms with Gasteiger partial charge in [-0.2, -0.15) is 0 Å². The quantitative estimate of drug-likeness (QED) is 0.550. The van der Waals surface area contributed by atoms with Gasteiger partial charge in [0.25, 0.3) is 0 Å². The summed E-state index contributed by atoms with van der Waals surface area (Å²) in [6.07, 6.45) is 7.54. The van der Waals surface area contributed by atoms with E-state index in [0.29, 0.717) is 31.2 Å². The monoisotopic (exact) mass is 420 g/mol. The van der Waals surface area contributed by atoms with Crippen molar-refractivity contribution in [2.24, 2.45) is 0 Å². The Bertz CT molecular complexity index is 1030. The van der Waals surface area contributed by atoms with Crippen molar-refractivity contribution in [3.8, 4) is 11.5 Å². The Morgan fingerprint density at radius 1 is 1.13 bits per heavy atom. The Labute approximate surface area is 182 Å². The van der Waals surface area contributed by atoms with Gasteiger partial charge in [-0.25, -0.2) is 4.98 Å². The van der Waals surface area contributed by atoms with E-state index in [1.54, 1.807) is 13.2 Å². The number of fused-ring (bicyclic) bond motifs is 1. The fourth-order valence-corrected chi connectivity index (χ4v) is 3.76. The number of amides is 1. The van der Waals surface area contributed by atoms with Gasteiger partial charge in [-0.3, -0.25) is 9.69 Å². The minimum Gasteiger partial charge on any atom is -0.493 e. The molecule has 3 heterocycles. The van der Waals surface area contributed by atoms with Crippen molar-refractivity contribution in [2.75, 3.05) is 39.9 Å². The van der Waals surface area contributed by atoms with Crippen LogP contribution in [0.5, 0.6) is 11.5 Å². The lowest BCUT2D eigenvalue weighted by atomic mass is 10.2. The minimum absolute atomic E-state index is 0.0289. The third-order valence-corrected chi connectivity index (χ3v) is 5.39. The third-order valence-electron chi connectivity index (χ3n) is 5.39. The van der Waals surface area contributed by atoms with Crippen molar-refractivity contribution >= 4 is 17.6 Å². The van der Waals surface area contributed by atoms with Crippen LogP contribution in [0.2, 0.25) is 0 Å². The number of rotatable bonds is 7. The van der Waals surface area contributed by atoms with Crippen LogP contribution in [0.1, 0.15) is 18.2 Å². The highest BCUT2D eigenvalue weighted by Gasteiger charge is 2.20. The van der Waals surface area contributed by atoms with E-state index in [-0.39, 0.29) is 5.91 Å². The molecule has 0 aliphatic carbocycles. The molecule has 0 bridgehead atoms. The smallest absolute Gasteiger partial charge is 0.246 e. The lowest BCUT2D eigenvalue weighted by molar-refractivity contribution is -0.127. The topological polar surface area (TPSA) is 59.3 Å². The molecule has 1 aliphatic heterocycles. The number of ether oxygens (including phenoxy) is 2. The number of aromatic nitrogens is 2. The molecule has 0 unspecified atom stereocenters. The van der Waals surface area contributed by atoms with Crippen LogP contribution in [0.25, 0.3) is 11.7 Å². The van der Waals surface area contributed by atoms with E-state index in [9.17, 15) is 4.79 Å². The molecule has 0 atom stereocenters. The zero-order valence-corrected chi connectivity index (χ0v) is 18.0. The van der Waals surface area contributed by atoms with Gasteiger partial charge in [-0.15, -0.1) is 0 Å². The average Bonchev–Trinajstić information content (AvgIpc) is 3.20. The largest absolute Gasteiger partial charge is 0.493 e. The van der Waals surface area contributed by atoms with E-state index < -0.39 is 0 Å². The third kappa shape index (κ3) is 5.06. The van der Waals surface area contributed by atoms with E-state index >= 15 is 0 Å². The molecule has 0 spiro atoms. The van der Waals surface area contributed by atoms with Crippen molar-refractivity contribution in [1.82, 2.24) is 19.2 Å². The Balaban J connectivity index is 1.31. The van der Waals surface area contributed by atoms with E-state index in [2.05, 4.69) is 16.1 Å². The summed E-state index contributed by atoms with van der Waals surface area (Å²) < 4.78 is 13.0. The molecule has 1 fully saturated rings. The number of methoxy groups -OCH3 is 1. The first-order valence-corrected chi connectivity index (χ1v) is 10.6. The molecule has 3 aromatic rings. The summed E-state index contributed by atoms with van der Waals surface area (Å²) in [6, 6.07) is 11.7. The second kappa shape index (κ2) is 9.66. The molecule has 31 heavy (non-hydrogen) atoms. The first kappa shape index (κ1) is 20.9. The summed E-state index contributed by atoms with van der Waals surface area (Å²) in [7, 11) is 1.62. The molecule has 162 valence electrons. The molecule has 1 amide bonds. The highest BCUT2D eigenvalue weighted by Crippen LogP contribution is 2.28. The van der Waals surface area contributed by atoms with Crippen molar-refractivity contribution in [2.45, 2.75) is 13.5 Å². The molecule has 7 heteroatoms. The van der Waals surface area contributed by atoms with Crippen LogP contribution in [-0.4, -0.2) is 65.0 Å². The molecule has 0 radical (unpaired) electrons. The maximum Gasteiger partial charge on any atom is 0.246 e. The van der Waals surface area contributed by atoms with E-state index in [1.807, 2.05) is 64.9 Å². The van der Waals surface area contributed by atoms with Crippen molar-refractivity contribution in [3.63, 3.8) is 0 Å². The van der Waals surface area contributed by atoms with Crippen molar-refractivity contribution in [1.29, 1.82) is 0 Å². The molecule has 2 aromatic heterocycles. The van der Waals surface area contributed by atoms with Crippen molar-refractivity contribution in [3.05, 3.63) is 66.1 Å². The number of carbonyl (C=O) groups is 1. The lowest BCUT2D eigenvalue weighted by Gasteiger charge is -2.33. The molecule has 4 rings (SSSR count). The maximum absolute atomic E-state index is 12.6. The summed E-state index contributed by atoms with van der Waals surface area (Å²) in [5.74, 6) is 1.40. The Kier molecular flexibility index (Phi) is 6.52. The number of benzene rings is 1. The average molecular weight is 421 g/mol. The molecule has 0 saturated carbocycles. The molecular weight excluding hydrogens is 392 g/mol. The number of nitrogens with zero attached hydrogens (tertiary/aromatic N) is 4. The normalized spacial score (nSPS) is 15.0. The van der Waals surface area contributed by atoms with E-state index in [4.69, 9.17) is 9.47 Å². The number of hydrogen-bond donors (Lipinski definition) is 0. The van der Waals surface area contributed by atoms with Crippen LogP contribution in [0, 0.1) is 0 Å². The highest BCUT2D eigenvalue weighted by molar-refractivity contribution is 5.92. The lowest BCUT2D eigenvalue weighted by Crippen LogP contribution is -2.47. The van der Waals surface area contributed by atoms with Gasteiger partial charge in [0.2, 0.25) is 5.91 Å². The van der Waals surface area contributed by atoms with Gasteiger partial charge >= 0.3 is 0 Å². The summed E-state index contributed by atoms with van der Waals surface area (Å²) in [5.41, 5.74) is 2.92. The SMILES string of the molecule is CCOc1cc(/C=C/C(=O)N2CCN(Cc3cn4ccccc4n3)CC2)ccc1OC. The summed E-state index contributed by atoms with van der Waals surface area (Å²) >= 11 is 0. The number of pyridine rings is 1. The Morgan fingerprint density at radius 3 is 2.71 bits per heavy atom. The van der Waals surface area contributed by atoms with Crippen LogP contribution in [0.3, 0.4) is 0 Å². The number of piperazine rings is 1. The summed E-state index contributed by atoms with van der Waals surface area (Å²) in [5, 5.41) is 0. The zero-order chi connectivity index (χ0) is 21.6. The fraction of sp³-hybridized carbons (Fsp3) is 0.333. The first-order chi connectivity index (χ1) is 15.2. The Hall–Kier alpha value is -3.32. The van der Waals surface area contributed by atoms with Crippen LogP contribution < -0.4 is 9.47 Å². The predicted molar refractivity (Wildman–Crippen MR) is 120 cm³/mol. The van der Waals surface area contributed by atoms with Crippen LogP contribution >= 0.6 is 0 Å². The molecule has 1 saturated heterocycles. The van der Waals surface area contributed by atoms with Gasteiger partial charge in [0, 0.05) is 51.2 Å². The standard InChI is InChI=1S/C24H28N4O3/c1-3-31-22-16-19(7-9-21(22)30-2)8-10-24(29)27-14-12-26(13-15-27)17-20-18-28-11-5-4-6-23(28)25-20/h4-11,16,18H,3,12-15,17H2,1-2H3/b10-8+. The number of carbonyl (C=O) groups excluding carboxylic acids is 1. The van der Waals surface area contributed by atoms with Crippen molar-refractivity contribution < 1.29 is 14.3 Å². The molecule has 0 N–H and O–H groups in total. The van der Waals surface area contributed by atoms with Crippen LogP contribution in [0.15, 0.2) is 54.9 Å². The predicted octanol–water partition coefficient (Wildman–Crippen LogP) is 3.10. The second-order valence-corrected chi connectivity index (χ2v) is 7.48. The van der Waals surface area contributed by atoms with Gasteiger partial charge in [-0.05, 0) is 42.8 Å². The molecular formula is C24H28N4O3. The van der Waals surface area contributed by atoms with Gasteiger partial charge in [0.05, 0.1) is 19.4 Å². The first-order valence-electron chi connectivity index (χ1n) is 10.6. The highest BCUT2D eigenvalue weighted by atomic mass is 16.5.